The van der Waals surface area contributed by atoms with Crippen LogP contribution >= 0.6 is 15.9 Å². The van der Waals surface area contributed by atoms with Gasteiger partial charge in [0.2, 0.25) is 0 Å². The van der Waals surface area contributed by atoms with Crippen molar-refractivity contribution in [1.29, 1.82) is 0 Å². The molecule has 0 bridgehead atoms. The average Bonchev–Trinajstić information content (AvgIpc) is 2.79. The molecule has 21 heavy (non-hydrogen) atoms. The van der Waals surface area contributed by atoms with E-state index in [1.54, 1.807) is 6.20 Å². The summed E-state index contributed by atoms with van der Waals surface area (Å²) in [5.74, 6) is 0. The largest absolute Gasteiger partial charge is 0.399 e. The highest BCUT2D eigenvalue weighted by Gasteiger charge is 2.17. The zero-order chi connectivity index (χ0) is 15.0. The second-order valence-electron chi connectivity index (χ2n) is 4.86. The Morgan fingerprint density at radius 1 is 1.05 bits per heavy atom. The van der Waals surface area contributed by atoms with Crippen LogP contribution in [0.25, 0.3) is 22.4 Å². The van der Waals surface area contributed by atoms with Gasteiger partial charge in [0.15, 0.2) is 0 Å². The highest BCUT2D eigenvalue weighted by molar-refractivity contribution is 9.10. The molecule has 3 rings (SSSR count). The molecule has 0 atom stereocenters. The van der Waals surface area contributed by atoms with Gasteiger partial charge in [0.05, 0.1) is 16.4 Å². The van der Waals surface area contributed by atoms with Crippen LogP contribution in [-0.2, 0) is 7.05 Å². The molecular weight excluding hydrogens is 328 g/mol. The number of anilines is 2. The van der Waals surface area contributed by atoms with Crippen molar-refractivity contribution in [3.63, 3.8) is 0 Å². The third kappa shape index (κ3) is 2.40. The summed E-state index contributed by atoms with van der Waals surface area (Å²) in [4.78, 5) is 0. The van der Waals surface area contributed by atoms with Gasteiger partial charge in [-0.2, -0.15) is 5.10 Å². The molecule has 0 unspecified atom stereocenters. The van der Waals surface area contributed by atoms with Crippen LogP contribution in [0.4, 0.5) is 11.4 Å². The zero-order valence-electron chi connectivity index (χ0n) is 11.5. The summed E-state index contributed by atoms with van der Waals surface area (Å²) in [7, 11) is 1.90. The van der Waals surface area contributed by atoms with E-state index in [0.717, 1.165) is 32.5 Å². The van der Waals surface area contributed by atoms with Crippen molar-refractivity contribution in [1.82, 2.24) is 9.78 Å². The Bertz CT molecular complexity index is 771. The van der Waals surface area contributed by atoms with Crippen LogP contribution < -0.4 is 11.5 Å². The lowest BCUT2D eigenvalue weighted by molar-refractivity contribution is 0.776. The minimum absolute atomic E-state index is 0.716. The number of aromatic nitrogens is 2. The lowest BCUT2D eigenvalue weighted by atomic mass is 9.96. The summed E-state index contributed by atoms with van der Waals surface area (Å²) in [5, 5.41) is 4.28. The summed E-state index contributed by atoms with van der Waals surface area (Å²) in [6.07, 6.45) is 1.77. The van der Waals surface area contributed by atoms with Crippen molar-refractivity contribution < 1.29 is 0 Å². The van der Waals surface area contributed by atoms with Gasteiger partial charge in [0.25, 0.3) is 0 Å². The van der Waals surface area contributed by atoms with Crippen molar-refractivity contribution in [3.05, 3.63) is 53.1 Å². The molecule has 5 heteroatoms. The first kappa shape index (κ1) is 13.7. The maximum Gasteiger partial charge on any atom is 0.0848 e. The Morgan fingerprint density at radius 3 is 2.38 bits per heavy atom. The predicted molar refractivity (Wildman–Crippen MR) is 90.6 cm³/mol. The fourth-order valence-corrected chi connectivity index (χ4v) is 2.98. The number of nitrogens with two attached hydrogens (primary N) is 2. The van der Waals surface area contributed by atoms with E-state index in [1.807, 2.05) is 48.1 Å². The predicted octanol–water partition coefficient (Wildman–Crippen LogP) is 3.68. The standard InChI is InChI=1S/C16H15BrN4/c1-21-16(13(17)9-20-21)15-12(3-2-4-14(15)19)10-5-7-11(18)8-6-10/h2-9H,18-19H2,1H3. The van der Waals surface area contributed by atoms with Crippen molar-refractivity contribution in [2.24, 2.45) is 7.05 Å². The Balaban J connectivity index is 2.28. The number of nitrogen functional groups attached to an aromatic ring is 2. The lowest BCUT2D eigenvalue weighted by Crippen LogP contribution is -1.99. The Labute approximate surface area is 131 Å². The highest BCUT2D eigenvalue weighted by Crippen LogP contribution is 2.39. The molecule has 4 N–H and O–H groups in total. The first-order chi connectivity index (χ1) is 10.1. The molecule has 0 amide bonds. The molecule has 1 aromatic heterocycles. The van der Waals surface area contributed by atoms with Crippen LogP contribution in [0.2, 0.25) is 0 Å². The molecule has 0 radical (unpaired) electrons. The number of benzene rings is 2. The van der Waals surface area contributed by atoms with Crippen LogP contribution in [0.15, 0.2) is 53.1 Å². The van der Waals surface area contributed by atoms with E-state index in [4.69, 9.17) is 11.5 Å². The summed E-state index contributed by atoms with van der Waals surface area (Å²) >= 11 is 3.55. The normalized spacial score (nSPS) is 10.8. The maximum absolute atomic E-state index is 6.23. The minimum Gasteiger partial charge on any atom is -0.399 e. The van der Waals surface area contributed by atoms with Crippen LogP contribution in [-0.4, -0.2) is 9.78 Å². The van der Waals surface area contributed by atoms with Gasteiger partial charge in [-0.3, -0.25) is 4.68 Å². The van der Waals surface area contributed by atoms with E-state index in [9.17, 15) is 0 Å². The van der Waals surface area contributed by atoms with E-state index >= 15 is 0 Å². The van der Waals surface area contributed by atoms with Gasteiger partial charge in [0, 0.05) is 24.0 Å². The molecule has 0 aliphatic heterocycles. The SMILES string of the molecule is Cn1ncc(Br)c1-c1c(N)cccc1-c1ccc(N)cc1. The molecule has 2 aromatic carbocycles. The van der Waals surface area contributed by atoms with Crippen molar-refractivity contribution in [3.8, 4) is 22.4 Å². The summed E-state index contributed by atoms with van der Waals surface area (Å²) in [5.41, 5.74) is 17.5. The lowest BCUT2D eigenvalue weighted by Gasteiger charge is -2.14. The molecular formula is C16H15BrN4. The summed E-state index contributed by atoms with van der Waals surface area (Å²) in [6.45, 7) is 0. The molecule has 0 spiro atoms. The Hall–Kier alpha value is -2.27. The minimum atomic E-state index is 0.716. The zero-order valence-corrected chi connectivity index (χ0v) is 13.1. The van der Waals surface area contributed by atoms with Crippen molar-refractivity contribution >= 4 is 27.3 Å². The van der Waals surface area contributed by atoms with E-state index in [-0.39, 0.29) is 0 Å². The average molecular weight is 343 g/mol. The fourth-order valence-electron chi connectivity index (χ4n) is 2.43. The van der Waals surface area contributed by atoms with Gasteiger partial charge < -0.3 is 11.5 Å². The van der Waals surface area contributed by atoms with Gasteiger partial charge in [-0.05, 0) is 45.3 Å². The summed E-state index contributed by atoms with van der Waals surface area (Å²) in [6, 6.07) is 13.7. The monoisotopic (exact) mass is 342 g/mol. The second kappa shape index (κ2) is 5.26. The smallest absolute Gasteiger partial charge is 0.0848 e. The van der Waals surface area contributed by atoms with Crippen LogP contribution in [0.3, 0.4) is 0 Å². The molecule has 3 aromatic rings. The van der Waals surface area contributed by atoms with Gasteiger partial charge in [-0.15, -0.1) is 0 Å². The molecule has 0 saturated heterocycles. The number of nitrogens with zero attached hydrogens (tertiary/aromatic N) is 2. The van der Waals surface area contributed by atoms with Gasteiger partial charge in [-0.25, -0.2) is 0 Å². The van der Waals surface area contributed by atoms with E-state index in [2.05, 4.69) is 27.1 Å². The van der Waals surface area contributed by atoms with Crippen LogP contribution in [0, 0.1) is 0 Å². The molecule has 0 saturated carbocycles. The number of hydrogen-bond acceptors (Lipinski definition) is 3. The molecule has 0 aliphatic rings. The van der Waals surface area contributed by atoms with Crippen LogP contribution in [0.5, 0.6) is 0 Å². The molecule has 0 aliphatic carbocycles. The van der Waals surface area contributed by atoms with E-state index in [0.29, 0.717) is 5.69 Å². The topological polar surface area (TPSA) is 69.9 Å². The van der Waals surface area contributed by atoms with Gasteiger partial charge >= 0.3 is 0 Å². The second-order valence-corrected chi connectivity index (χ2v) is 5.71. The number of rotatable bonds is 2. The fraction of sp³-hybridized carbons (Fsp3) is 0.0625. The van der Waals surface area contributed by atoms with Gasteiger partial charge in [-0.1, -0.05) is 24.3 Å². The number of halogens is 1. The van der Waals surface area contributed by atoms with E-state index in [1.165, 1.54) is 0 Å². The quantitative estimate of drug-likeness (QED) is 0.698. The van der Waals surface area contributed by atoms with Crippen molar-refractivity contribution in [2.45, 2.75) is 0 Å². The van der Waals surface area contributed by atoms with Crippen LogP contribution in [0.1, 0.15) is 0 Å². The van der Waals surface area contributed by atoms with Gasteiger partial charge in [0.1, 0.15) is 0 Å². The van der Waals surface area contributed by atoms with E-state index < -0.39 is 0 Å². The number of hydrogen-bond donors (Lipinski definition) is 2. The molecule has 4 nitrogen and oxygen atoms in total. The third-order valence-electron chi connectivity index (χ3n) is 3.45. The molecule has 0 fully saturated rings. The Kier molecular flexibility index (Phi) is 3.43. The van der Waals surface area contributed by atoms with Crippen molar-refractivity contribution in [2.75, 3.05) is 11.5 Å². The molecule has 1 heterocycles. The summed E-state index contributed by atoms with van der Waals surface area (Å²) < 4.78 is 2.73. The molecule has 106 valence electrons. The number of aryl methyl sites for hydroxylation is 1. The first-order valence-electron chi connectivity index (χ1n) is 6.50. The Morgan fingerprint density at radius 2 is 1.76 bits per heavy atom. The highest BCUT2D eigenvalue weighted by atomic mass is 79.9. The first-order valence-corrected chi connectivity index (χ1v) is 7.29. The maximum atomic E-state index is 6.23. The third-order valence-corrected chi connectivity index (χ3v) is 4.03.